The van der Waals surface area contributed by atoms with Crippen molar-refractivity contribution in [3.8, 4) is 11.3 Å². The van der Waals surface area contributed by atoms with Crippen LogP contribution in [0.25, 0.3) is 11.3 Å². The molecule has 112 valence electrons. The molecule has 0 unspecified atom stereocenters. The van der Waals surface area contributed by atoms with Gasteiger partial charge in [0.15, 0.2) is 0 Å². The summed E-state index contributed by atoms with van der Waals surface area (Å²) in [5.74, 6) is 0. The molecule has 1 N–H and O–H groups in total. The van der Waals surface area contributed by atoms with Crippen molar-refractivity contribution in [2.24, 2.45) is 0 Å². The van der Waals surface area contributed by atoms with Gasteiger partial charge in [-0.1, -0.05) is 6.07 Å². The summed E-state index contributed by atoms with van der Waals surface area (Å²) in [4.78, 5) is 9.49. The average molecular weight is 285 g/mol. The van der Waals surface area contributed by atoms with Gasteiger partial charge < -0.3 is 4.90 Å². The third-order valence-electron chi connectivity index (χ3n) is 4.21. The molecule has 0 spiro atoms. The Balaban J connectivity index is 1.70. The van der Waals surface area contributed by atoms with Crippen molar-refractivity contribution in [3.63, 3.8) is 0 Å². The Labute approximate surface area is 126 Å². The lowest BCUT2D eigenvalue weighted by atomic mass is 10.1. The highest BCUT2D eigenvalue weighted by Crippen LogP contribution is 2.23. The Morgan fingerprint density at radius 3 is 2.48 bits per heavy atom. The zero-order chi connectivity index (χ0) is 14.8. The minimum Gasteiger partial charge on any atom is -0.304 e. The molecule has 1 aliphatic rings. The smallest absolute Gasteiger partial charge is 0.0739 e. The number of H-pyrrole nitrogens is 1. The minimum atomic E-state index is 0.991. The highest BCUT2D eigenvalue weighted by molar-refractivity contribution is 5.64. The predicted molar refractivity (Wildman–Crippen MR) is 84.1 cm³/mol. The van der Waals surface area contributed by atoms with Gasteiger partial charge in [-0.05, 0) is 32.5 Å². The maximum Gasteiger partial charge on any atom is 0.0739 e. The topological polar surface area (TPSA) is 48.1 Å². The van der Waals surface area contributed by atoms with E-state index < -0.39 is 0 Å². The normalized spacial score (nSPS) is 17.3. The second kappa shape index (κ2) is 5.95. The van der Waals surface area contributed by atoms with Crippen LogP contribution in [0.5, 0.6) is 0 Å². The van der Waals surface area contributed by atoms with Crippen LogP contribution in [0.4, 0.5) is 0 Å². The fraction of sp³-hybridized carbons (Fsp3) is 0.500. The van der Waals surface area contributed by atoms with Crippen LogP contribution in [0.2, 0.25) is 0 Å². The third kappa shape index (κ3) is 3.14. The standard InChI is InChI=1S/C16H23N5/c1-12-16(13(2)19-18-12)15-5-4-14(10-17-15)11-21-8-6-20(3)7-9-21/h4-5,10H,6-9,11H2,1-3H3,(H,18,19). The lowest BCUT2D eigenvalue weighted by Crippen LogP contribution is -2.43. The summed E-state index contributed by atoms with van der Waals surface area (Å²) in [6, 6.07) is 4.29. The summed E-state index contributed by atoms with van der Waals surface area (Å²) in [6.45, 7) is 9.62. The number of nitrogens with zero attached hydrogens (tertiary/aromatic N) is 4. The Bertz CT molecular complexity index is 574. The van der Waals surface area contributed by atoms with E-state index in [-0.39, 0.29) is 0 Å². The number of pyridine rings is 1. The number of aromatic nitrogens is 3. The van der Waals surface area contributed by atoms with Gasteiger partial charge in [-0.15, -0.1) is 0 Å². The molecule has 1 saturated heterocycles. The number of piperazine rings is 1. The van der Waals surface area contributed by atoms with Crippen molar-refractivity contribution in [2.45, 2.75) is 20.4 Å². The molecule has 21 heavy (non-hydrogen) atoms. The first-order valence-electron chi connectivity index (χ1n) is 7.51. The third-order valence-corrected chi connectivity index (χ3v) is 4.21. The van der Waals surface area contributed by atoms with Crippen LogP contribution in [-0.4, -0.2) is 58.2 Å². The van der Waals surface area contributed by atoms with Crippen LogP contribution in [0.3, 0.4) is 0 Å². The van der Waals surface area contributed by atoms with Crippen molar-refractivity contribution < 1.29 is 0 Å². The largest absolute Gasteiger partial charge is 0.304 e. The van der Waals surface area contributed by atoms with E-state index in [0.717, 1.165) is 55.4 Å². The fourth-order valence-corrected chi connectivity index (χ4v) is 2.86. The molecular weight excluding hydrogens is 262 g/mol. The van der Waals surface area contributed by atoms with Crippen molar-refractivity contribution in [3.05, 3.63) is 35.3 Å². The number of aryl methyl sites for hydroxylation is 2. The van der Waals surface area contributed by atoms with Crippen LogP contribution in [0, 0.1) is 13.8 Å². The fourth-order valence-electron chi connectivity index (χ4n) is 2.86. The summed E-state index contributed by atoms with van der Waals surface area (Å²) < 4.78 is 0. The molecule has 0 atom stereocenters. The van der Waals surface area contributed by atoms with E-state index in [9.17, 15) is 0 Å². The van der Waals surface area contributed by atoms with Gasteiger partial charge >= 0.3 is 0 Å². The molecule has 0 aromatic carbocycles. The SMILES string of the molecule is Cc1n[nH]c(C)c1-c1ccc(CN2CCN(C)CC2)cn1. The van der Waals surface area contributed by atoms with Crippen LogP contribution < -0.4 is 0 Å². The van der Waals surface area contributed by atoms with Crippen molar-refractivity contribution >= 4 is 0 Å². The van der Waals surface area contributed by atoms with Gasteiger partial charge in [0.25, 0.3) is 0 Å². The second-order valence-corrected chi connectivity index (χ2v) is 5.94. The van der Waals surface area contributed by atoms with Gasteiger partial charge in [0.1, 0.15) is 0 Å². The summed E-state index contributed by atoms with van der Waals surface area (Å²) in [7, 11) is 2.18. The van der Waals surface area contributed by atoms with E-state index in [1.165, 1.54) is 5.56 Å². The summed E-state index contributed by atoms with van der Waals surface area (Å²) in [6.07, 6.45) is 2.00. The van der Waals surface area contributed by atoms with Gasteiger partial charge in [0, 0.05) is 50.2 Å². The summed E-state index contributed by atoms with van der Waals surface area (Å²) >= 11 is 0. The molecule has 3 heterocycles. The summed E-state index contributed by atoms with van der Waals surface area (Å²) in [5.41, 5.74) is 5.49. The van der Waals surface area contributed by atoms with Gasteiger partial charge in [-0.2, -0.15) is 5.10 Å². The average Bonchev–Trinajstić information content (AvgIpc) is 2.82. The first-order chi connectivity index (χ1) is 10.1. The zero-order valence-corrected chi connectivity index (χ0v) is 13.1. The molecule has 5 heteroatoms. The predicted octanol–water partition coefficient (Wildman–Crippen LogP) is 1.84. The number of likely N-dealkylation sites (N-methyl/N-ethyl adjacent to an activating group) is 1. The zero-order valence-electron chi connectivity index (χ0n) is 13.1. The Kier molecular flexibility index (Phi) is 4.03. The molecule has 1 fully saturated rings. The number of nitrogens with one attached hydrogen (secondary N) is 1. The van der Waals surface area contributed by atoms with E-state index >= 15 is 0 Å². The number of aromatic amines is 1. The maximum absolute atomic E-state index is 4.63. The van der Waals surface area contributed by atoms with Crippen LogP contribution in [0.1, 0.15) is 17.0 Å². The van der Waals surface area contributed by atoms with Gasteiger partial charge in [-0.25, -0.2) is 0 Å². The molecule has 0 radical (unpaired) electrons. The monoisotopic (exact) mass is 285 g/mol. The highest BCUT2D eigenvalue weighted by Gasteiger charge is 2.14. The van der Waals surface area contributed by atoms with E-state index in [2.05, 4.69) is 44.2 Å². The number of hydrogen-bond acceptors (Lipinski definition) is 4. The molecule has 3 rings (SSSR count). The number of rotatable bonds is 3. The van der Waals surface area contributed by atoms with Crippen molar-refractivity contribution in [1.82, 2.24) is 25.0 Å². The maximum atomic E-state index is 4.63. The summed E-state index contributed by atoms with van der Waals surface area (Å²) in [5, 5.41) is 7.25. The quantitative estimate of drug-likeness (QED) is 0.935. The Morgan fingerprint density at radius 2 is 1.90 bits per heavy atom. The first kappa shape index (κ1) is 14.2. The van der Waals surface area contributed by atoms with Crippen molar-refractivity contribution in [1.29, 1.82) is 0 Å². The molecule has 2 aromatic heterocycles. The van der Waals surface area contributed by atoms with Crippen molar-refractivity contribution in [2.75, 3.05) is 33.2 Å². The van der Waals surface area contributed by atoms with E-state index in [0.29, 0.717) is 0 Å². The Hall–Kier alpha value is -1.72. The van der Waals surface area contributed by atoms with Crippen LogP contribution in [0.15, 0.2) is 18.3 Å². The van der Waals surface area contributed by atoms with E-state index in [4.69, 9.17) is 0 Å². The van der Waals surface area contributed by atoms with E-state index in [1.807, 2.05) is 20.0 Å². The minimum absolute atomic E-state index is 0.991. The molecule has 0 aliphatic carbocycles. The second-order valence-electron chi connectivity index (χ2n) is 5.94. The van der Waals surface area contributed by atoms with Gasteiger partial charge in [0.05, 0.1) is 11.4 Å². The first-order valence-corrected chi connectivity index (χ1v) is 7.51. The number of hydrogen-bond donors (Lipinski definition) is 1. The molecule has 2 aromatic rings. The van der Waals surface area contributed by atoms with Gasteiger partial charge in [0.2, 0.25) is 0 Å². The van der Waals surface area contributed by atoms with Crippen LogP contribution >= 0.6 is 0 Å². The molecule has 0 bridgehead atoms. The molecule has 0 amide bonds. The lowest BCUT2D eigenvalue weighted by Gasteiger charge is -2.32. The van der Waals surface area contributed by atoms with Crippen LogP contribution in [-0.2, 0) is 6.54 Å². The molecule has 5 nitrogen and oxygen atoms in total. The lowest BCUT2D eigenvalue weighted by molar-refractivity contribution is 0.148. The van der Waals surface area contributed by atoms with Gasteiger partial charge in [-0.3, -0.25) is 15.0 Å². The van der Waals surface area contributed by atoms with E-state index in [1.54, 1.807) is 0 Å². The highest BCUT2D eigenvalue weighted by atomic mass is 15.2. The molecule has 0 saturated carbocycles. The molecule has 1 aliphatic heterocycles. The Morgan fingerprint density at radius 1 is 1.14 bits per heavy atom. The molecular formula is C16H23N5.